The van der Waals surface area contributed by atoms with Crippen molar-refractivity contribution in [3.8, 4) is 0 Å². The molecule has 21 heavy (non-hydrogen) atoms. The zero-order valence-corrected chi connectivity index (χ0v) is 12.9. The van der Waals surface area contributed by atoms with Crippen LogP contribution in [0.25, 0.3) is 0 Å². The lowest BCUT2D eigenvalue weighted by atomic mass is 10.1. The first kappa shape index (κ1) is 15.7. The molecule has 0 radical (unpaired) electrons. The highest BCUT2D eigenvalue weighted by Crippen LogP contribution is 2.65. The molecular weight excluding hydrogens is 332 g/mol. The second kappa shape index (κ2) is 4.91. The van der Waals surface area contributed by atoms with Gasteiger partial charge in [0.2, 0.25) is 4.93 Å². The van der Waals surface area contributed by atoms with E-state index in [0.717, 1.165) is 0 Å². The number of rotatable bonds is 1. The third-order valence-electron chi connectivity index (χ3n) is 4.12. The molecular formula is C12H15ClF4N2OS. The maximum atomic E-state index is 14.4. The molecule has 1 atom stereocenters. The van der Waals surface area contributed by atoms with E-state index in [2.05, 4.69) is 0 Å². The third-order valence-corrected chi connectivity index (χ3v) is 6.03. The van der Waals surface area contributed by atoms with E-state index in [-0.39, 0.29) is 25.4 Å². The number of allylic oxidation sites excluding steroid dienone is 1. The minimum atomic E-state index is -4.35. The SMILES string of the molecule is CN1CCN(C2=C(Cl)[C@@]3(OCCS3)C(F)(F)C2(F)F)CC1. The van der Waals surface area contributed by atoms with Gasteiger partial charge in [-0.05, 0) is 7.05 Å². The van der Waals surface area contributed by atoms with Crippen LogP contribution in [0.15, 0.2) is 10.7 Å². The van der Waals surface area contributed by atoms with Gasteiger partial charge in [0.1, 0.15) is 5.70 Å². The summed E-state index contributed by atoms with van der Waals surface area (Å²) in [6, 6.07) is 0. The van der Waals surface area contributed by atoms with Gasteiger partial charge in [-0.2, -0.15) is 17.6 Å². The summed E-state index contributed by atoms with van der Waals surface area (Å²) in [6.45, 7) is 1.53. The van der Waals surface area contributed by atoms with Gasteiger partial charge >= 0.3 is 11.8 Å². The lowest BCUT2D eigenvalue weighted by molar-refractivity contribution is -0.233. The van der Waals surface area contributed by atoms with Crippen LogP contribution < -0.4 is 0 Å². The van der Waals surface area contributed by atoms with E-state index in [9.17, 15) is 17.6 Å². The second-order valence-corrected chi connectivity index (χ2v) is 7.07. The minimum absolute atomic E-state index is 0.0113. The average Bonchev–Trinajstić information content (AvgIpc) is 2.94. The van der Waals surface area contributed by atoms with Crippen molar-refractivity contribution in [2.75, 3.05) is 45.6 Å². The summed E-state index contributed by atoms with van der Waals surface area (Å²) in [5, 5.41) is -0.551. The molecule has 2 heterocycles. The second-order valence-electron chi connectivity index (χ2n) is 5.42. The van der Waals surface area contributed by atoms with Gasteiger partial charge in [0.05, 0.1) is 11.6 Å². The molecule has 0 N–H and O–H groups in total. The van der Waals surface area contributed by atoms with Crippen molar-refractivity contribution in [2.24, 2.45) is 0 Å². The maximum Gasteiger partial charge on any atom is 0.358 e. The number of thioether (sulfide) groups is 1. The molecule has 120 valence electrons. The summed E-state index contributed by atoms with van der Waals surface area (Å²) in [5.41, 5.74) is -0.767. The summed E-state index contributed by atoms with van der Waals surface area (Å²) >= 11 is 6.66. The predicted octanol–water partition coefficient (Wildman–Crippen LogP) is 2.43. The van der Waals surface area contributed by atoms with Gasteiger partial charge in [0, 0.05) is 31.9 Å². The van der Waals surface area contributed by atoms with Gasteiger partial charge < -0.3 is 14.5 Å². The van der Waals surface area contributed by atoms with E-state index in [0.29, 0.717) is 24.9 Å². The lowest BCUT2D eigenvalue weighted by Gasteiger charge is -2.37. The molecule has 9 heteroatoms. The molecule has 3 aliphatic rings. The van der Waals surface area contributed by atoms with Crippen LogP contribution in [-0.2, 0) is 4.74 Å². The van der Waals surface area contributed by atoms with Crippen molar-refractivity contribution in [2.45, 2.75) is 16.8 Å². The molecule has 2 fully saturated rings. The van der Waals surface area contributed by atoms with Gasteiger partial charge in [-0.15, -0.1) is 11.8 Å². The van der Waals surface area contributed by atoms with Crippen molar-refractivity contribution in [1.82, 2.24) is 9.80 Å². The summed E-state index contributed by atoms with van der Waals surface area (Å²) in [6.07, 6.45) is 0. The van der Waals surface area contributed by atoms with Crippen LogP contribution in [0.4, 0.5) is 17.6 Å². The normalized spacial score (nSPS) is 36.0. The summed E-state index contributed by atoms with van der Waals surface area (Å²) < 4.78 is 62.5. The van der Waals surface area contributed by atoms with E-state index >= 15 is 0 Å². The zero-order chi connectivity index (χ0) is 15.5. The smallest absolute Gasteiger partial charge is 0.358 e. The Balaban J connectivity index is 2.03. The fourth-order valence-corrected chi connectivity index (χ4v) is 4.60. The Kier molecular flexibility index (Phi) is 3.67. The van der Waals surface area contributed by atoms with E-state index < -0.39 is 27.5 Å². The highest BCUT2D eigenvalue weighted by Gasteiger charge is 2.80. The van der Waals surface area contributed by atoms with Crippen LogP contribution in [0.3, 0.4) is 0 Å². The Labute approximate surface area is 129 Å². The highest BCUT2D eigenvalue weighted by atomic mass is 35.5. The van der Waals surface area contributed by atoms with Crippen LogP contribution in [0.5, 0.6) is 0 Å². The van der Waals surface area contributed by atoms with Crippen molar-refractivity contribution < 1.29 is 22.3 Å². The maximum absolute atomic E-state index is 14.4. The standard InChI is InChI=1S/C12H15ClF4N2OS/c1-18-2-4-19(5-3-18)9-8(13)11(20-6-7-21-11)12(16,17)10(9,14)15/h2-7H2,1H3/t11-/m0/s1. The zero-order valence-electron chi connectivity index (χ0n) is 11.3. The van der Waals surface area contributed by atoms with Crippen LogP contribution >= 0.6 is 23.4 Å². The van der Waals surface area contributed by atoms with Gasteiger partial charge in [-0.1, -0.05) is 11.6 Å². The molecule has 3 nitrogen and oxygen atoms in total. The summed E-state index contributed by atoms with van der Waals surface area (Å²) in [7, 11) is 1.85. The number of hydrogen-bond donors (Lipinski definition) is 0. The first-order valence-electron chi connectivity index (χ1n) is 6.62. The largest absolute Gasteiger partial charge is 0.366 e. The average molecular weight is 347 g/mol. The molecule has 1 aliphatic carbocycles. The number of alkyl halides is 4. The Hall–Kier alpha value is -0.180. The number of likely N-dealkylation sites (N-methyl/N-ethyl adjacent to an activating group) is 1. The van der Waals surface area contributed by atoms with Crippen LogP contribution in [0, 0.1) is 0 Å². The molecule has 0 bridgehead atoms. The fourth-order valence-electron chi connectivity index (χ4n) is 2.87. The molecule has 0 saturated carbocycles. The molecule has 0 aromatic rings. The molecule has 2 saturated heterocycles. The summed E-state index contributed by atoms with van der Waals surface area (Å²) in [4.78, 5) is 0.788. The van der Waals surface area contributed by atoms with Crippen LogP contribution in [0.1, 0.15) is 0 Å². The third kappa shape index (κ3) is 1.95. The number of piperazine rings is 1. The Morgan fingerprint density at radius 3 is 2.29 bits per heavy atom. The lowest BCUT2D eigenvalue weighted by Crippen LogP contribution is -2.54. The molecule has 1 spiro atoms. The number of ether oxygens (including phenoxy) is 1. The Morgan fingerprint density at radius 2 is 1.76 bits per heavy atom. The number of hydrogen-bond acceptors (Lipinski definition) is 4. The number of nitrogens with zero attached hydrogens (tertiary/aromatic N) is 2. The molecule has 3 rings (SSSR count). The van der Waals surface area contributed by atoms with E-state index in [4.69, 9.17) is 16.3 Å². The molecule has 0 aromatic heterocycles. The van der Waals surface area contributed by atoms with Gasteiger partial charge in [0.25, 0.3) is 0 Å². The molecule has 2 aliphatic heterocycles. The number of halogens is 5. The highest BCUT2D eigenvalue weighted by molar-refractivity contribution is 8.01. The van der Waals surface area contributed by atoms with Gasteiger partial charge in [-0.25, -0.2) is 0 Å². The van der Waals surface area contributed by atoms with E-state index in [1.54, 1.807) is 0 Å². The van der Waals surface area contributed by atoms with Gasteiger partial charge in [0.15, 0.2) is 0 Å². The van der Waals surface area contributed by atoms with Crippen LogP contribution in [0.2, 0.25) is 0 Å². The quantitative estimate of drug-likeness (QED) is 0.677. The molecule has 0 unspecified atom stereocenters. The van der Waals surface area contributed by atoms with Crippen molar-refractivity contribution in [1.29, 1.82) is 0 Å². The van der Waals surface area contributed by atoms with Crippen molar-refractivity contribution >= 4 is 23.4 Å². The monoisotopic (exact) mass is 346 g/mol. The van der Waals surface area contributed by atoms with E-state index in [1.165, 1.54) is 4.90 Å². The van der Waals surface area contributed by atoms with Gasteiger partial charge in [-0.3, -0.25) is 0 Å². The Bertz CT molecular complexity index is 474. The predicted molar refractivity (Wildman–Crippen MR) is 73.0 cm³/mol. The Morgan fingerprint density at radius 1 is 1.14 bits per heavy atom. The fraction of sp³-hybridized carbons (Fsp3) is 0.833. The molecule has 0 aromatic carbocycles. The first-order chi connectivity index (χ1) is 9.74. The minimum Gasteiger partial charge on any atom is -0.366 e. The topological polar surface area (TPSA) is 15.7 Å². The first-order valence-corrected chi connectivity index (χ1v) is 7.98. The van der Waals surface area contributed by atoms with E-state index in [1.807, 2.05) is 11.9 Å². The molecule has 0 amide bonds. The van der Waals surface area contributed by atoms with Crippen molar-refractivity contribution in [3.63, 3.8) is 0 Å². The summed E-state index contributed by atoms with van der Waals surface area (Å²) in [5.74, 6) is -8.45. The van der Waals surface area contributed by atoms with Crippen molar-refractivity contribution in [3.05, 3.63) is 10.7 Å². The van der Waals surface area contributed by atoms with Crippen LogP contribution in [-0.4, -0.2) is 72.2 Å².